The number of rotatable bonds is 4. The van der Waals surface area contributed by atoms with Crippen molar-refractivity contribution in [3.8, 4) is 0 Å². The molecule has 0 bridgehead atoms. The van der Waals surface area contributed by atoms with Gasteiger partial charge in [0.05, 0.1) is 17.3 Å². The Morgan fingerprint density at radius 3 is 2.68 bits per heavy atom. The summed E-state index contributed by atoms with van der Waals surface area (Å²) in [6, 6.07) is 9.94. The molecule has 2 aromatic heterocycles. The normalized spacial score (nSPS) is 14.9. The average molecular weight is 334 g/mol. The molecule has 128 valence electrons. The summed E-state index contributed by atoms with van der Waals surface area (Å²) >= 11 is 0. The first-order chi connectivity index (χ1) is 12.3. The zero-order valence-corrected chi connectivity index (χ0v) is 14.4. The molecule has 0 radical (unpaired) electrons. The van der Waals surface area contributed by atoms with Crippen LogP contribution in [0.4, 0.5) is 5.69 Å². The molecule has 0 aliphatic heterocycles. The van der Waals surface area contributed by atoms with E-state index in [-0.39, 0.29) is 5.91 Å². The van der Waals surface area contributed by atoms with Crippen LogP contribution in [-0.2, 0) is 6.42 Å². The molecule has 1 saturated carbocycles. The fraction of sp³-hybridized carbons (Fsp3) is 0.350. The van der Waals surface area contributed by atoms with Crippen LogP contribution in [0.25, 0.3) is 10.9 Å². The molecule has 25 heavy (non-hydrogen) atoms. The monoisotopic (exact) mass is 334 g/mol. The van der Waals surface area contributed by atoms with Gasteiger partial charge in [-0.1, -0.05) is 25.8 Å². The van der Waals surface area contributed by atoms with Crippen LogP contribution in [0.3, 0.4) is 0 Å². The Bertz CT molecular complexity index is 895. The highest BCUT2D eigenvalue weighted by Gasteiger charge is 2.22. The predicted molar refractivity (Wildman–Crippen MR) is 98.8 cm³/mol. The maximum absolute atomic E-state index is 12.6. The van der Waals surface area contributed by atoms with Gasteiger partial charge in [-0.3, -0.25) is 14.5 Å². The van der Waals surface area contributed by atoms with E-state index in [1.54, 1.807) is 24.5 Å². The van der Waals surface area contributed by atoms with E-state index < -0.39 is 0 Å². The van der Waals surface area contributed by atoms with Gasteiger partial charge >= 0.3 is 0 Å². The lowest BCUT2D eigenvalue weighted by atomic mass is 10.1. The molecule has 1 fully saturated rings. The highest BCUT2D eigenvalue weighted by atomic mass is 16.1. The molecule has 1 amide bonds. The van der Waals surface area contributed by atoms with Gasteiger partial charge in [0.25, 0.3) is 5.91 Å². The number of nitrogens with zero attached hydrogens (tertiary/aromatic N) is 3. The van der Waals surface area contributed by atoms with Crippen LogP contribution in [0.1, 0.15) is 54.7 Å². The first-order valence-electron chi connectivity index (χ1n) is 8.99. The third-order valence-electron chi connectivity index (χ3n) is 4.99. The second kappa shape index (κ2) is 6.67. The number of amides is 1. The number of carbonyl (C=O) groups is 1. The smallest absolute Gasteiger partial charge is 0.255 e. The summed E-state index contributed by atoms with van der Waals surface area (Å²) in [4.78, 5) is 16.6. The van der Waals surface area contributed by atoms with Gasteiger partial charge in [0.15, 0.2) is 0 Å². The second-order valence-electron chi connectivity index (χ2n) is 6.61. The quantitative estimate of drug-likeness (QED) is 0.771. The SMILES string of the molecule is CCc1nn(C2CCCC2)c2cc(C(=O)Nc3ccncc3)ccc12. The number of hydrogen-bond acceptors (Lipinski definition) is 3. The lowest BCUT2D eigenvalue weighted by Crippen LogP contribution is -2.12. The van der Waals surface area contributed by atoms with E-state index in [1.807, 2.05) is 18.2 Å². The zero-order chi connectivity index (χ0) is 17.2. The van der Waals surface area contributed by atoms with E-state index >= 15 is 0 Å². The fourth-order valence-corrected chi connectivity index (χ4v) is 3.67. The summed E-state index contributed by atoms with van der Waals surface area (Å²) in [6.45, 7) is 2.13. The van der Waals surface area contributed by atoms with Crippen molar-refractivity contribution in [3.63, 3.8) is 0 Å². The van der Waals surface area contributed by atoms with E-state index in [0.717, 1.165) is 28.7 Å². The van der Waals surface area contributed by atoms with Gasteiger partial charge in [-0.2, -0.15) is 5.10 Å². The minimum atomic E-state index is -0.106. The van der Waals surface area contributed by atoms with Gasteiger partial charge in [0.1, 0.15) is 0 Å². The zero-order valence-electron chi connectivity index (χ0n) is 14.4. The molecule has 0 spiro atoms. The minimum Gasteiger partial charge on any atom is -0.322 e. The number of fused-ring (bicyclic) bond motifs is 1. The van der Waals surface area contributed by atoms with Crippen molar-refractivity contribution < 1.29 is 4.79 Å². The Kier molecular flexibility index (Phi) is 4.22. The van der Waals surface area contributed by atoms with E-state index in [4.69, 9.17) is 5.10 Å². The van der Waals surface area contributed by atoms with Crippen molar-refractivity contribution in [3.05, 3.63) is 54.0 Å². The van der Waals surface area contributed by atoms with Gasteiger partial charge in [-0.05, 0) is 43.5 Å². The highest BCUT2D eigenvalue weighted by molar-refractivity contribution is 6.06. The highest BCUT2D eigenvalue weighted by Crippen LogP contribution is 2.33. The number of aromatic nitrogens is 3. The molecule has 0 atom stereocenters. The van der Waals surface area contributed by atoms with Gasteiger partial charge in [0.2, 0.25) is 0 Å². The van der Waals surface area contributed by atoms with Crippen molar-refractivity contribution in [1.82, 2.24) is 14.8 Å². The Hall–Kier alpha value is -2.69. The summed E-state index contributed by atoms with van der Waals surface area (Å²) in [5.74, 6) is -0.106. The van der Waals surface area contributed by atoms with Crippen molar-refractivity contribution >= 4 is 22.5 Å². The maximum atomic E-state index is 12.6. The summed E-state index contributed by atoms with van der Waals surface area (Å²) in [5.41, 5.74) is 3.60. The van der Waals surface area contributed by atoms with Crippen molar-refractivity contribution in [2.24, 2.45) is 0 Å². The lowest BCUT2D eigenvalue weighted by Gasteiger charge is -2.12. The maximum Gasteiger partial charge on any atom is 0.255 e. The summed E-state index contributed by atoms with van der Waals surface area (Å²) in [5, 5.41) is 8.94. The van der Waals surface area contributed by atoms with Crippen LogP contribution in [0.2, 0.25) is 0 Å². The van der Waals surface area contributed by atoms with Crippen molar-refractivity contribution in [1.29, 1.82) is 0 Å². The second-order valence-corrected chi connectivity index (χ2v) is 6.61. The fourth-order valence-electron chi connectivity index (χ4n) is 3.67. The number of pyridine rings is 1. The number of anilines is 1. The van der Waals surface area contributed by atoms with E-state index in [0.29, 0.717) is 11.6 Å². The third-order valence-corrected chi connectivity index (χ3v) is 4.99. The van der Waals surface area contributed by atoms with Gasteiger partial charge in [-0.25, -0.2) is 0 Å². The molecule has 5 heteroatoms. The van der Waals surface area contributed by atoms with E-state index in [9.17, 15) is 4.79 Å². The van der Waals surface area contributed by atoms with Crippen LogP contribution in [0.15, 0.2) is 42.7 Å². The predicted octanol–water partition coefficient (Wildman–Crippen LogP) is 4.36. The third kappa shape index (κ3) is 3.02. The molecule has 2 heterocycles. The van der Waals surface area contributed by atoms with Crippen molar-refractivity contribution in [2.45, 2.75) is 45.1 Å². The van der Waals surface area contributed by atoms with Crippen LogP contribution in [-0.4, -0.2) is 20.7 Å². The average Bonchev–Trinajstić information content (AvgIpc) is 3.29. The number of nitrogens with one attached hydrogen (secondary N) is 1. The van der Waals surface area contributed by atoms with Crippen LogP contribution >= 0.6 is 0 Å². The van der Waals surface area contributed by atoms with Gasteiger partial charge < -0.3 is 5.32 Å². The molecular formula is C20H22N4O. The molecule has 4 rings (SSSR count). The molecule has 3 aromatic rings. The summed E-state index contributed by atoms with van der Waals surface area (Å²) in [7, 11) is 0. The van der Waals surface area contributed by atoms with Crippen LogP contribution < -0.4 is 5.32 Å². The number of carbonyl (C=O) groups excluding carboxylic acids is 1. The number of benzene rings is 1. The summed E-state index contributed by atoms with van der Waals surface area (Å²) in [6.07, 6.45) is 9.11. The first-order valence-corrected chi connectivity index (χ1v) is 8.99. The standard InChI is InChI=1S/C20H22N4O/c1-2-18-17-8-7-14(20(25)22-15-9-11-21-12-10-15)13-19(17)24(23-18)16-5-3-4-6-16/h7-13,16H,2-6H2,1H3,(H,21,22,25). The van der Waals surface area contributed by atoms with Crippen LogP contribution in [0.5, 0.6) is 0 Å². The van der Waals surface area contributed by atoms with E-state index in [2.05, 4.69) is 21.9 Å². The Balaban J connectivity index is 1.71. The number of hydrogen-bond donors (Lipinski definition) is 1. The van der Waals surface area contributed by atoms with Gasteiger partial charge in [0, 0.05) is 29.0 Å². The Morgan fingerprint density at radius 2 is 1.96 bits per heavy atom. The Morgan fingerprint density at radius 1 is 1.20 bits per heavy atom. The molecule has 1 aromatic carbocycles. The van der Waals surface area contributed by atoms with E-state index in [1.165, 1.54) is 25.7 Å². The molecule has 1 aliphatic rings. The molecule has 0 unspecified atom stereocenters. The molecule has 0 saturated heterocycles. The molecule has 5 nitrogen and oxygen atoms in total. The lowest BCUT2D eigenvalue weighted by molar-refractivity contribution is 0.102. The van der Waals surface area contributed by atoms with Crippen LogP contribution in [0, 0.1) is 0 Å². The number of aryl methyl sites for hydroxylation is 1. The molecule has 1 N–H and O–H groups in total. The minimum absolute atomic E-state index is 0.106. The largest absolute Gasteiger partial charge is 0.322 e. The summed E-state index contributed by atoms with van der Waals surface area (Å²) < 4.78 is 2.16. The molecule has 1 aliphatic carbocycles. The Labute approximate surface area is 147 Å². The molecular weight excluding hydrogens is 312 g/mol. The first kappa shape index (κ1) is 15.8. The van der Waals surface area contributed by atoms with Gasteiger partial charge in [-0.15, -0.1) is 0 Å². The van der Waals surface area contributed by atoms with Crippen molar-refractivity contribution in [2.75, 3.05) is 5.32 Å². The topological polar surface area (TPSA) is 59.8 Å².